The SMILES string of the molecule is CCC(Nc1ccncc1Cl)C(C)Cl. The van der Waals surface area contributed by atoms with Crippen molar-refractivity contribution in [1.82, 2.24) is 4.98 Å². The van der Waals surface area contributed by atoms with Crippen molar-refractivity contribution in [3.8, 4) is 0 Å². The van der Waals surface area contributed by atoms with E-state index >= 15 is 0 Å². The lowest BCUT2D eigenvalue weighted by Crippen LogP contribution is -2.27. The van der Waals surface area contributed by atoms with Crippen LogP contribution in [0.1, 0.15) is 20.3 Å². The maximum Gasteiger partial charge on any atom is 0.0820 e. The van der Waals surface area contributed by atoms with E-state index in [0.29, 0.717) is 5.02 Å². The Kier molecular flexibility index (Phi) is 4.49. The van der Waals surface area contributed by atoms with Gasteiger partial charge in [-0.25, -0.2) is 0 Å². The predicted octanol–water partition coefficient (Wildman–Crippen LogP) is 3.55. The van der Waals surface area contributed by atoms with Gasteiger partial charge in [0, 0.05) is 18.4 Å². The van der Waals surface area contributed by atoms with E-state index in [2.05, 4.69) is 17.2 Å². The lowest BCUT2D eigenvalue weighted by atomic mass is 10.1. The highest BCUT2D eigenvalue weighted by Crippen LogP contribution is 2.22. The molecule has 1 aromatic rings. The summed E-state index contributed by atoms with van der Waals surface area (Å²) in [5.74, 6) is 0. The summed E-state index contributed by atoms with van der Waals surface area (Å²) < 4.78 is 0. The largest absolute Gasteiger partial charge is 0.380 e. The highest BCUT2D eigenvalue weighted by atomic mass is 35.5. The molecule has 1 rings (SSSR count). The molecule has 0 aromatic carbocycles. The van der Waals surface area contributed by atoms with Crippen LogP contribution < -0.4 is 5.32 Å². The van der Waals surface area contributed by atoms with E-state index in [1.165, 1.54) is 0 Å². The van der Waals surface area contributed by atoms with Crippen molar-refractivity contribution in [3.05, 3.63) is 23.5 Å². The third-order valence-corrected chi connectivity index (χ3v) is 2.71. The van der Waals surface area contributed by atoms with Gasteiger partial charge in [-0.05, 0) is 19.4 Å². The van der Waals surface area contributed by atoms with Gasteiger partial charge in [0.1, 0.15) is 0 Å². The molecule has 0 aliphatic rings. The molecule has 78 valence electrons. The minimum absolute atomic E-state index is 0.0734. The summed E-state index contributed by atoms with van der Waals surface area (Å²) in [6, 6.07) is 2.08. The minimum atomic E-state index is 0.0734. The summed E-state index contributed by atoms with van der Waals surface area (Å²) in [4.78, 5) is 3.92. The van der Waals surface area contributed by atoms with Crippen molar-refractivity contribution >= 4 is 28.9 Å². The van der Waals surface area contributed by atoms with E-state index < -0.39 is 0 Å². The van der Waals surface area contributed by atoms with Gasteiger partial charge in [0.2, 0.25) is 0 Å². The fourth-order valence-electron chi connectivity index (χ4n) is 1.23. The Balaban J connectivity index is 2.72. The second-order valence-corrected chi connectivity index (χ2v) is 4.29. The van der Waals surface area contributed by atoms with Crippen LogP contribution in [0.25, 0.3) is 0 Å². The lowest BCUT2D eigenvalue weighted by Gasteiger charge is -2.20. The summed E-state index contributed by atoms with van der Waals surface area (Å²) >= 11 is 12.0. The second-order valence-electron chi connectivity index (χ2n) is 3.19. The zero-order valence-corrected chi connectivity index (χ0v) is 9.81. The number of halogens is 2. The Morgan fingerprint density at radius 2 is 2.29 bits per heavy atom. The number of pyridine rings is 1. The first-order valence-electron chi connectivity index (χ1n) is 4.65. The Hall–Kier alpha value is -0.470. The predicted molar refractivity (Wildman–Crippen MR) is 62.3 cm³/mol. The van der Waals surface area contributed by atoms with Gasteiger partial charge in [-0.3, -0.25) is 4.98 Å². The Bertz CT molecular complexity index is 289. The molecule has 0 saturated carbocycles. The number of hydrogen-bond donors (Lipinski definition) is 1. The molecule has 0 fully saturated rings. The number of nitrogens with one attached hydrogen (secondary N) is 1. The Labute approximate surface area is 94.6 Å². The molecule has 2 atom stereocenters. The average Bonchev–Trinajstić information content (AvgIpc) is 2.16. The van der Waals surface area contributed by atoms with Gasteiger partial charge >= 0.3 is 0 Å². The number of aromatic nitrogens is 1. The highest BCUT2D eigenvalue weighted by molar-refractivity contribution is 6.33. The lowest BCUT2D eigenvalue weighted by molar-refractivity contribution is 0.679. The molecule has 2 nitrogen and oxygen atoms in total. The fourth-order valence-corrected chi connectivity index (χ4v) is 1.65. The smallest absolute Gasteiger partial charge is 0.0820 e. The van der Waals surface area contributed by atoms with Crippen molar-refractivity contribution in [1.29, 1.82) is 0 Å². The van der Waals surface area contributed by atoms with E-state index in [1.807, 2.05) is 13.0 Å². The molecule has 1 heterocycles. The quantitative estimate of drug-likeness (QED) is 0.804. The zero-order valence-electron chi connectivity index (χ0n) is 8.30. The van der Waals surface area contributed by atoms with E-state index in [4.69, 9.17) is 23.2 Å². The summed E-state index contributed by atoms with van der Waals surface area (Å²) in [7, 11) is 0. The summed E-state index contributed by atoms with van der Waals surface area (Å²) in [6.45, 7) is 4.06. The van der Waals surface area contributed by atoms with E-state index in [-0.39, 0.29) is 11.4 Å². The van der Waals surface area contributed by atoms with Gasteiger partial charge in [0.25, 0.3) is 0 Å². The number of alkyl halides is 1. The molecule has 0 amide bonds. The van der Waals surface area contributed by atoms with Gasteiger partial charge in [-0.2, -0.15) is 0 Å². The van der Waals surface area contributed by atoms with Gasteiger partial charge in [-0.1, -0.05) is 18.5 Å². The summed E-state index contributed by atoms with van der Waals surface area (Å²) in [5.41, 5.74) is 0.890. The van der Waals surface area contributed by atoms with E-state index in [0.717, 1.165) is 12.1 Å². The van der Waals surface area contributed by atoms with Crippen LogP contribution in [0.15, 0.2) is 18.5 Å². The van der Waals surface area contributed by atoms with Crippen LogP contribution in [0, 0.1) is 0 Å². The highest BCUT2D eigenvalue weighted by Gasteiger charge is 2.13. The van der Waals surface area contributed by atoms with Crippen LogP contribution in [0.2, 0.25) is 5.02 Å². The standard InChI is InChI=1S/C10H14Cl2N2/c1-3-9(7(2)11)14-10-4-5-13-6-8(10)12/h4-7,9H,3H2,1-2H3,(H,13,14). The van der Waals surface area contributed by atoms with Gasteiger partial charge in [0.05, 0.1) is 16.1 Å². The first-order valence-corrected chi connectivity index (χ1v) is 5.46. The molecular formula is C10H14Cl2N2. The monoisotopic (exact) mass is 232 g/mol. The van der Waals surface area contributed by atoms with Gasteiger partial charge < -0.3 is 5.32 Å². The van der Waals surface area contributed by atoms with E-state index in [9.17, 15) is 0 Å². The number of anilines is 1. The van der Waals surface area contributed by atoms with Crippen LogP contribution in [0.3, 0.4) is 0 Å². The first-order chi connectivity index (χ1) is 6.65. The topological polar surface area (TPSA) is 24.9 Å². The Morgan fingerprint density at radius 3 is 2.79 bits per heavy atom. The summed E-state index contributed by atoms with van der Waals surface area (Å²) in [5, 5.41) is 3.99. The zero-order chi connectivity index (χ0) is 10.6. The third kappa shape index (κ3) is 3.03. The molecule has 1 aromatic heterocycles. The maximum atomic E-state index is 6.02. The number of rotatable bonds is 4. The van der Waals surface area contributed by atoms with Gasteiger partial charge in [0.15, 0.2) is 0 Å². The van der Waals surface area contributed by atoms with Crippen LogP contribution in [0.4, 0.5) is 5.69 Å². The van der Waals surface area contributed by atoms with E-state index in [1.54, 1.807) is 12.4 Å². The fraction of sp³-hybridized carbons (Fsp3) is 0.500. The second kappa shape index (κ2) is 5.42. The van der Waals surface area contributed by atoms with Crippen molar-refractivity contribution < 1.29 is 0 Å². The maximum absolute atomic E-state index is 6.02. The Morgan fingerprint density at radius 1 is 1.57 bits per heavy atom. The van der Waals surface area contributed by atoms with Gasteiger partial charge in [-0.15, -0.1) is 11.6 Å². The molecule has 1 N–H and O–H groups in total. The molecular weight excluding hydrogens is 219 g/mol. The van der Waals surface area contributed by atoms with Crippen molar-refractivity contribution in [2.45, 2.75) is 31.7 Å². The normalized spacial score (nSPS) is 14.9. The van der Waals surface area contributed by atoms with Crippen molar-refractivity contribution in [2.24, 2.45) is 0 Å². The molecule has 0 radical (unpaired) electrons. The summed E-state index contributed by atoms with van der Waals surface area (Å²) in [6.07, 6.45) is 4.29. The molecule has 0 saturated heterocycles. The third-order valence-electron chi connectivity index (χ3n) is 2.11. The molecule has 0 bridgehead atoms. The van der Waals surface area contributed by atoms with Crippen molar-refractivity contribution in [3.63, 3.8) is 0 Å². The average molecular weight is 233 g/mol. The van der Waals surface area contributed by atoms with Crippen LogP contribution in [0.5, 0.6) is 0 Å². The number of nitrogens with zero attached hydrogens (tertiary/aromatic N) is 1. The van der Waals surface area contributed by atoms with Crippen LogP contribution in [-0.4, -0.2) is 16.4 Å². The molecule has 0 aliphatic carbocycles. The first kappa shape index (κ1) is 11.6. The van der Waals surface area contributed by atoms with Crippen LogP contribution >= 0.6 is 23.2 Å². The minimum Gasteiger partial charge on any atom is -0.380 e. The number of hydrogen-bond acceptors (Lipinski definition) is 2. The van der Waals surface area contributed by atoms with Crippen molar-refractivity contribution in [2.75, 3.05) is 5.32 Å². The molecule has 0 spiro atoms. The molecule has 4 heteroatoms. The molecule has 2 unspecified atom stereocenters. The van der Waals surface area contributed by atoms with Crippen LogP contribution in [-0.2, 0) is 0 Å². The molecule has 0 aliphatic heterocycles. The molecule has 14 heavy (non-hydrogen) atoms.